The average Bonchev–Trinajstić information content (AvgIpc) is 2.47. The number of anilines is 2. The summed E-state index contributed by atoms with van der Waals surface area (Å²) in [5.41, 5.74) is 3.08. The highest BCUT2D eigenvalue weighted by molar-refractivity contribution is 5.69. The smallest absolute Gasteiger partial charge is 0.0461 e. The number of allylic oxidation sites excluding steroid dienone is 3. The molecule has 0 aliphatic rings. The first-order valence-corrected chi connectivity index (χ1v) is 6.21. The van der Waals surface area contributed by atoms with Crippen molar-refractivity contribution in [2.24, 2.45) is 0 Å². The molecule has 2 aromatic rings. The van der Waals surface area contributed by atoms with Crippen molar-refractivity contribution >= 4 is 11.4 Å². The van der Waals surface area contributed by atoms with Gasteiger partial charge in [0.1, 0.15) is 0 Å². The molecule has 94 valence electrons. The average molecular weight is 247 g/mol. The molecule has 0 aliphatic heterocycles. The third kappa shape index (κ3) is 3.23. The molecule has 0 aromatic heterocycles. The second kappa shape index (κ2) is 6.41. The fourth-order valence-electron chi connectivity index (χ4n) is 1.89. The summed E-state index contributed by atoms with van der Waals surface area (Å²) < 4.78 is 0. The van der Waals surface area contributed by atoms with Crippen LogP contribution in [-0.4, -0.2) is 0 Å². The van der Waals surface area contributed by atoms with E-state index >= 15 is 0 Å². The van der Waals surface area contributed by atoms with Crippen LogP contribution in [0.3, 0.4) is 0 Å². The number of benzene rings is 2. The van der Waals surface area contributed by atoms with E-state index in [9.17, 15) is 0 Å². The van der Waals surface area contributed by atoms with Gasteiger partial charge in [0.05, 0.1) is 0 Å². The van der Waals surface area contributed by atoms with Crippen LogP contribution in [0.25, 0.3) is 0 Å². The molecular formula is C18H17N. The zero-order valence-corrected chi connectivity index (χ0v) is 10.9. The summed E-state index contributed by atoms with van der Waals surface area (Å²) in [7, 11) is 0. The van der Waals surface area contributed by atoms with Gasteiger partial charge in [-0.2, -0.15) is 0 Å². The Kier molecular flexibility index (Phi) is 4.35. The molecule has 0 N–H and O–H groups in total. The second-order valence-electron chi connectivity index (χ2n) is 4.09. The highest BCUT2D eigenvalue weighted by Crippen LogP contribution is 2.29. The van der Waals surface area contributed by atoms with E-state index in [0.717, 1.165) is 17.1 Å². The van der Waals surface area contributed by atoms with Gasteiger partial charge < -0.3 is 4.90 Å². The molecule has 0 heterocycles. The summed E-state index contributed by atoms with van der Waals surface area (Å²) in [6, 6.07) is 20.4. The van der Waals surface area contributed by atoms with Crippen LogP contribution in [0.5, 0.6) is 0 Å². The first kappa shape index (κ1) is 12.9. The number of nitrogens with zero attached hydrogens (tertiary/aromatic N) is 1. The quantitative estimate of drug-likeness (QED) is 0.666. The van der Waals surface area contributed by atoms with E-state index in [1.165, 1.54) is 0 Å². The van der Waals surface area contributed by atoms with Crippen molar-refractivity contribution in [3.63, 3.8) is 0 Å². The highest BCUT2D eigenvalue weighted by Gasteiger charge is 2.09. The summed E-state index contributed by atoms with van der Waals surface area (Å²) in [4.78, 5) is 2.11. The predicted octanol–water partition coefficient (Wildman–Crippen LogP) is 5.08. The summed E-state index contributed by atoms with van der Waals surface area (Å²) in [6.45, 7) is 7.83. The van der Waals surface area contributed by atoms with Gasteiger partial charge in [0.15, 0.2) is 0 Å². The number of rotatable bonds is 5. The Morgan fingerprint density at radius 1 is 0.842 bits per heavy atom. The maximum Gasteiger partial charge on any atom is 0.0461 e. The molecule has 0 fully saturated rings. The number of hydrogen-bond donors (Lipinski definition) is 0. The van der Waals surface area contributed by atoms with E-state index in [1.54, 1.807) is 6.08 Å². The minimum Gasteiger partial charge on any atom is -0.311 e. The van der Waals surface area contributed by atoms with Crippen molar-refractivity contribution in [3.05, 3.63) is 97.7 Å². The lowest BCUT2D eigenvalue weighted by atomic mass is 10.2. The van der Waals surface area contributed by atoms with Crippen molar-refractivity contribution in [1.29, 1.82) is 0 Å². The molecular weight excluding hydrogens is 230 g/mol. The summed E-state index contributed by atoms with van der Waals surface area (Å²) in [5, 5.41) is 0. The molecule has 19 heavy (non-hydrogen) atoms. The van der Waals surface area contributed by atoms with E-state index in [4.69, 9.17) is 0 Å². The maximum atomic E-state index is 4.14. The van der Waals surface area contributed by atoms with Crippen LogP contribution >= 0.6 is 0 Å². The lowest BCUT2D eigenvalue weighted by Crippen LogP contribution is -2.13. The van der Waals surface area contributed by atoms with E-state index < -0.39 is 0 Å². The molecule has 0 unspecified atom stereocenters. The van der Waals surface area contributed by atoms with Gasteiger partial charge in [0.25, 0.3) is 0 Å². The van der Waals surface area contributed by atoms with Crippen LogP contribution in [0.2, 0.25) is 0 Å². The van der Waals surface area contributed by atoms with E-state index in [-0.39, 0.29) is 0 Å². The predicted molar refractivity (Wildman–Crippen MR) is 83.5 cm³/mol. The van der Waals surface area contributed by atoms with E-state index in [1.807, 2.05) is 48.6 Å². The zero-order chi connectivity index (χ0) is 13.5. The molecule has 0 aliphatic carbocycles. The van der Waals surface area contributed by atoms with Crippen molar-refractivity contribution in [2.45, 2.75) is 0 Å². The Morgan fingerprint density at radius 3 is 1.74 bits per heavy atom. The van der Waals surface area contributed by atoms with Crippen molar-refractivity contribution in [1.82, 2.24) is 0 Å². The van der Waals surface area contributed by atoms with Gasteiger partial charge in [-0.1, -0.05) is 61.7 Å². The van der Waals surface area contributed by atoms with Gasteiger partial charge in [-0.05, 0) is 30.3 Å². The molecule has 0 spiro atoms. The van der Waals surface area contributed by atoms with Gasteiger partial charge in [-0.25, -0.2) is 0 Å². The lowest BCUT2D eigenvalue weighted by Gasteiger charge is -2.25. The molecule has 0 amide bonds. The molecule has 0 radical (unpaired) electrons. The highest BCUT2D eigenvalue weighted by atomic mass is 15.1. The normalized spacial score (nSPS) is 10.3. The molecule has 2 rings (SSSR count). The van der Waals surface area contributed by atoms with Gasteiger partial charge >= 0.3 is 0 Å². The Bertz CT molecular complexity index is 528. The monoisotopic (exact) mass is 247 g/mol. The maximum absolute atomic E-state index is 4.14. The summed E-state index contributed by atoms with van der Waals surface area (Å²) in [5.74, 6) is 0. The van der Waals surface area contributed by atoms with Crippen molar-refractivity contribution < 1.29 is 0 Å². The molecule has 1 heteroatoms. The third-order valence-electron chi connectivity index (χ3n) is 2.74. The number of hydrogen-bond acceptors (Lipinski definition) is 1. The Hall–Kier alpha value is -2.54. The minimum absolute atomic E-state index is 0.900. The largest absolute Gasteiger partial charge is 0.311 e. The summed E-state index contributed by atoms with van der Waals surface area (Å²) >= 11 is 0. The van der Waals surface area contributed by atoms with Crippen molar-refractivity contribution in [3.8, 4) is 0 Å². The topological polar surface area (TPSA) is 3.24 Å². The van der Waals surface area contributed by atoms with Crippen LogP contribution in [-0.2, 0) is 0 Å². The number of para-hydroxylation sites is 2. The van der Waals surface area contributed by atoms with Gasteiger partial charge in [-0.3, -0.25) is 0 Å². The van der Waals surface area contributed by atoms with E-state index in [2.05, 4.69) is 42.3 Å². The lowest BCUT2D eigenvalue weighted by molar-refractivity contribution is 1.22. The second-order valence-corrected chi connectivity index (χ2v) is 4.09. The van der Waals surface area contributed by atoms with Crippen LogP contribution in [0.15, 0.2) is 97.7 Å². The standard InChI is InChI=1S/C18H17N/c1-3-4-11-16(2)19(17-12-7-5-8-13-17)18-14-9-6-10-15-18/h3-15H,1-2H2. The summed E-state index contributed by atoms with van der Waals surface area (Å²) in [6.07, 6.45) is 5.59. The molecule has 0 bridgehead atoms. The molecule has 0 saturated carbocycles. The minimum atomic E-state index is 0.900. The van der Waals surface area contributed by atoms with Crippen LogP contribution in [0.1, 0.15) is 0 Å². The van der Waals surface area contributed by atoms with Crippen LogP contribution < -0.4 is 4.90 Å². The first-order valence-electron chi connectivity index (χ1n) is 6.21. The van der Waals surface area contributed by atoms with Gasteiger partial charge in [0, 0.05) is 17.1 Å². The Morgan fingerprint density at radius 2 is 1.32 bits per heavy atom. The molecule has 1 nitrogen and oxygen atoms in total. The molecule has 0 atom stereocenters. The molecule has 0 saturated heterocycles. The Labute approximate surface area is 114 Å². The van der Waals surface area contributed by atoms with Crippen LogP contribution in [0.4, 0.5) is 11.4 Å². The fraction of sp³-hybridized carbons (Fsp3) is 0. The fourth-order valence-corrected chi connectivity index (χ4v) is 1.89. The third-order valence-corrected chi connectivity index (χ3v) is 2.74. The van der Waals surface area contributed by atoms with Gasteiger partial charge in [-0.15, -0.1) is 0 Å². The zero-order valence-electron chi connectivity index (χ0n) is 10.9. The molecule has 2 aromatic carbocycles. The van der Waals surface area contributed by atoms with Gasteiger partial charge in [0.2, 0.25) is 0 Å². The Balaban J connectivity index is 2.42. The van der Waals surface area contributed by atoms with E-state index in [0.29, 0.717) is 0 Å². The first-order chi connectivity index (χ1) is 9.33. The SMILES string of the molecule is C=CC=CC(=C)N(c1ccccc1)c1ccccc1. The van der Waals surface area contributed by atoms with Crippen LogP contribution in [0, 0.1) is 0 Å². The van der Waals surface area contributed by atoms with Crippen molar-refractivity contribution in [2.75, 3.05) is 4.90 Å².